The number of rotatable bonds is 6. The van der Waals surface area contributed by atoms with E-state index in [1.807, 2.05) is 60.8 Å². The van der Waals surface area contributed by atoms with E-state index in [9.17, 15) is 9.59 Å². The molecule has 0 bridgehead atoms. The van der Waals surface area contributed by atoms with Crippen molar-refractivity contribution < 1.29 is 14.3 Å². The lowest BCUT2D eigenvalue weighted by molar-refractivity contribution is -0.120. The first-order valence-corrected chi connectivity index (χ1v) is 10.7. The molecular formula is C23H20ClN3O3S. The number of amides is 2. The van der Waals surface area contributed by atoms with E-state index in [1.165, 1.54) is 18.4 Å². The van der Waals surface area contributed by atoms with E-state index in [4.69, 9.17) is 16.3 Å². The smallest absolute Gasteiger partial charge is 0.282 e. The Balaban J connectivity index is 1.78. The van der Waals surface area contributed by atoms with E-state index < -0.39 is 11.8 Å². The lowest BCUT2D eigenvalue weighted by Crippen LogP contribution is -2.32. The Labute approximate surface area is 189 Å². The molecule has 1 N–H and O–H groups in total. The number of hydrogen-bond donors (Lipinski definition) is 1. The van der Waals surface area contributed by atoms with Gasteiger partial charge >= 0.3 is 0 Å². The molecule has 0 unspecified atom stereocenters. The highest BCUT2D eigenvalue weighted by Gasteiger charge is 2.42. The Hall–Kier alpha value is -3.29. The average Bonchev–Trinajstić information content (AvgIpc) is 3.35. The Bertz CT molecular complexity index is 1170. The standard InChI is InChI=1S/C23H20ClN3O3S/c1-26(2)16-9-7-15(8-10-16)25-21-20(19-5-4-12-31-19)22(28)27(23(21)29)17-13-14(24)6-11-18(17)30-3/h4-13,25H,1-3H3. The van der Waals surface area contributed by atoms with Crippen molar-refractivity contribution in [3.63, 3.8) is 0 Å². The van der Waals surface area contributed by atoms with Crippen molar-refractivity contribution >= 4 is 57.4 Å². The van der Waals surface area contributed by atoms with Crippen LogP contribution < -0.4 is 19.9 Å². The fourth-order valence-corrected chi connectivity index (χ4v) is 4.27. The van der Waals surface area contributed by atoms with Crippen LogP contribution in [0.4, 0.5) is 17.1 Å². The van der Waals surface area contributed by atoms with Crippen LogP contribution in [-0.2, 0) is 9.59 Å². The number of methoxy groups -OCH3 is 1. The van der Waals surface area contributed by atoms with E-state index in [-0.39, 0.29) is 5.70 Å². The van der Waals surface area contributed by atoms with Crippen molar-refractivity contribution in [1.29, 1.82) is 0 Å². The number of anilines is 3. The van der Waals surface area contributed by atoms with Gasteiger partial charge in [-0.25, -0.2) is 4.90 Å². The molecule has 4 rings (SSSR count). The maximum absolute atomic E-state index is 13.5. The first kappa shape index (κ1) is 21.0. The zero-order valence-corrected chi connectivity index (χ0v) is 18.8. The zero-order valence-electron chi connectivity index (χ0n) is 17.2. The van der Waals surface area contributed by atoms with Crippen LogP contribution in [0.1, 0.15) is 4.88 Å². The maximum Gasteiger partial charge on any atom is 0.282 e. The van der Waals surface area contributed by atoms with Gasteiger partial charge in [-0.15, -0.1) is 11.3 Å². The predicted molar refractivity (Wildman–Crippen MR) is 126 cm³/mol. The summed E-state index contributed by atoms with van der Waals surface area (Å²) >= 11 is 7.55. The average molecular weight is 454 g/mol. The molecule has 1 aliphatic rings. The number of nitrogens with zero attached hydrogens (tertiary/aromatic N) is 2. The molecule has 0 aliphatic carbocycles. The Kier molecular flexibility index (Phi) is 5.71. The summed E-state index contributed by atoms with van der Waals surface area (Å²) in [5.41, 5.74) is 2.57. The molecule has 0 saturated heterocycles. The molecule has 6 nitrogen and oxygen atoms in total. The van der Waals surface area contributed by atoms with Gasteiger partial charge in [-0.05, 0) is 53.9 Å². The Morgan fingerprint density at radius 2 is 1.77 bits per heavy atom. The molecule has 8 heteroatoms. The third kappa shape index (κ3) is 3.89. The number of imide groups is 1. The van der Waals surface area contributed by atoms with Crippen molar-refractivity contribution in [3.8, 4) is 5.75 Å². The highest BCUT2D eigenvalue weighted by Crippen LogP contribution is 2.40. The third-order valence-electron chi connectivity index (χ3n) is 4.89. The molecule has 31 heavy (non-hydrogen) atoms. The molecule has 0 saturated carbocycles. The Morgan fingerprint density at radius 3 is 2.39 bits per heavy atom. The first-order chi connectivity index (χ1) is 14.9. The van der Waals surface area contributed by atoms with Gasteiger partial charge in [0.25, 0.3) is 11.8 Å². The van der Waals surface area contributed by atoms with Crippen LogP contribution in [0.2, 0.25) is 5.02 Å². The van der Waals surface area contributed by atoms with Gasteiger partial charge < -0.3 is 15.0 Å². The number of carbonyl (C=O) groups is 2. The zero-order chi connectivity index (χ0) is 22.1. The molecule has 0 radical (unpaired) electrons. The van der Waals surface area contributed by atoms with Gasteiger partial charge in [-0.2, -0.15) is 0 Å². The fraction of sp³-hybridized carbons (Fsp3) is 0.130. The molecule has 0 fully saturated rings. The summed E-state index contributed by atoms with van der Waals surface area (Å²) in [6, 6.07) is 16.1. The van der Waals surface area contributed by atoms with Crippen molar-refractivity contribution in [3.05, 3.63) is 75.6 Å². The molecule has 158 valence electrons. The second-order valence-electron chi connectivity index (χ2n) is 7.06. The van der Waals surface area contributed by atoms with Crippen LogP contribution in [0.25, 0.3) is 5.57 Å². The minimum absolute atomic E-state index is 0.215. The molecule has 1 aliphatic heterocycles. The number of benzene rings is 2. The van der Waals surface area contributed by atoms with E-state index in [0.717, 1.165) is 10.6 Å². The summed E-state index contributed by atoms with van der Waals surface area (Å²) in [6.07, 6.45) is 0. The number of hydrogen-bond acceptors (Lipinski definition) is 6. The normalized spacial score (nSPS) is 13.7. The number of ether oxygens (including phenoxy) is 1. The maximum atomic E-state index is 13.5. The second kappa shape index (κ2) is 8.45. The molecule has 3 aromatic rings. The first-order valence-electron chi connectivity index (χ1n) is 9.45. The summed E-state index contributed by atoms with van der Waals surface area (Å²) < 4.78 is 5.38. The molecule has 0 spiro atoms. The van der Waals surface area contributed by atoms with Gasteiger partial charge in [0, 0.05) is 35.4 Å². The van der Waals surface area contributed by atoms with Gasteiger partial charge in [-0.1, -0.05) is 17.7 Å². The quantitative estimate of drug-likeness (QED) is 0.539. The third-order valence-corrected chi connectivity index (χ3v) is 6.01. The predicted octanol–water partition coefficient (Wildman–Crippen LogP) is 4.87. The van der Waals surface area contributed by atoms with Crippen LogP contribution in [-0.4, -0.2) is 33.0 Å². The number of halogens is 1. The monoisotopic (exact) mass is 453 g/mol. The summed E-state index contributed by atoms with van der Waals surface area (Å²) in [7, 11) is 5.39. The van der Waals surface area contributed by atoms with Crippen molar-refractivity contribution in [2.45, 2.75) is 0 Å². The molecule has 2 amide bonds. The molecule has 2 aromatic carbocycles. The summed E-state index contributed by atoms with van der Waals surface area (Å²) in [5, 5.41) is 5.42. The van der Waals surface area contributed by atoms with Crippen LogP contribution in [0, 0.1) is 0 Å². The lowest BCUT2D eigenvalue weighted by atomic mass is 10.1. The van der Waals surface area contributed by atoms with Crippen molar-refractivity contribution in [2.75, 3.05) is 36.3 Å². The summed E-state index contributed by atoms with van der Waals surface area (Å²) in [5.74, 6) is -0.515. The highest BCUT2D eigenvalue weighted by molar-refractivity contribution is 7.11. The molecule has 1 aromatic heterocycles. The molecule has 2 heterocycles. The van der Waals surface area contributed by atoms with Gasteiger partial charge in [0.2, 0.25) is 0 Å². The summed E-state index contributed by atoms with van der Waals surface area (Å²) in [6.45, 7) is 0. The van der Waals surface area contributed by atoms with Crippen LogP contribution in [0.15, 0.2) is 65.7 Å². The summed E-state index contributed by atoms with van der Waals surface area (Å²) in [4.78, 5) is 30.7. The lowest BCUT2D eigenvalue weighted by Gasteiger charge is -2.18. The molecule has 0 atom stereocenters. The molecular weight excluding hydrogens is 434 g/mol. The van der Waals surface area contributed by atoms with Gasteiger partial charge in [-0.3, -0.25) is 9.59 Å². The van der Waals surface area contributed by atoms with Crippen LogP contribution in [0.3, 0.4) is 0 Å². The minimum atomic E-state index is -0.467. The highest BCUT2D eigenvalue weighted by atomic mass is 35.5. The van der Waals surface area contributed by atoms with Gasteiger partial charge in [0.05, 0.1) is 18.4 Å². The number of nitrogens with one attached hydrogen (secondary N) is 1. The van der Waals surface area contributed by atoms with E-state index in [0.29, 0.717) is 32.6 Å². The fourth-order valence-electron chi connectivity index (χ4n) is 3.34. The second-order valence-corrected chi connectivity index (χ2v) is 8.44. The minimum Gasteiger partial charge on any atom is -0.495 e. The number of thiophene rings is 1. The van der Waals surface area contributed by atoms with Gasteiger partial charge in [0.1, 0.15) is 11.4 Å². The van der Waals surface area contributed by atoms with E-state index in [2.05, 4.69) is 5.32 Å². The number of carbonyl (C=O) groups excluding carboxylic acids is 2. The van der Waals surface area contributed by atoms with E-state index in [1.54, 1.807) is 18.2 Å². The van der Waals surface area contributed by atoms with Crippen LogP contribution in [0.5, 0.6) is 5.75 Å². The van der Waals surface area contributed by atoms with Crippen LogP contribution >= 0.6 is 22.9 Å². The largest absolute Gasteiger partial charge is 0.495 e. The van der Waals surface area contributed by atoms with Crippen molar-refractivity contribution in [2.24, 2.45) is 0 Å². The SMILES string of the molecule is COc1ccc(Cl)cc1N1C(=O)C(Nc2ccc(N(C)C)cc2)=C(c2cccs2)C1=O. The van der Waals surface area contributed by atoms with Gasteiger partial charge in [0.15, 0.2) is 0 Å². The topological polar surface area (TPSA) is 61.9 Å². The van der Waals surface area contributed by atoms with Crippen molar-refractivity contribution in [1.82, 2.24) is 0 Å². The Morgan fingerprint density at radius 1 is 1.03 bits per heavy atom. The van der Waals surface area contributed by atoms with E-state index >= 15 is 0 Å².